The summed E-state index contributed by atoms with van der Waals surface area (Å²) >= 11 is 1.06. The Morgan fingerprint density at radius 1 is 1.28 bits per heavy atom. The number of sulfonamides is 1. The summed E-state index contributed by atoms with van der Waals surface area (Å²) in [5.74, 6) is -2.14. The highest BCUT2D eigenvalue weighted by Crippen LogP contribution is 2.39. The van der Waals surface area contributed by atoms with Gasteiger partial charge in [-0.05, 0) is 41.5 Å². The molecule has 9 nitrogen and oxygen atoms in total. The van der Waals surface area contributed by atoms with Crippen LogP contribution in [-0.4, -0.2) is 57.1 Å². The van der Waals surface area contributed by atoms with Crippen LogP contribution in [0.5, 0.6) is 0 Å². The van der Waals surface area contributed by atoms with Crippen molar-refractivity contribution in [2.24, 2.45) is 10.3 Å². The lowest BCUT2D eigenvalue weighted by Gasteiger charge is -2.34. The fourth-order valence-corrected chi connectivity index (χ4v) is 7.54. The molecular weight excluding hydrogens is 529 g/mol. The number of thiophene rings is 1. The van der Waals surface area contributed by atoms with Gasteiger partial charge in [-0.3, -0.25) is 4.79 Å². The van der Waals surface area contributed by atoms with Crippen LogP contribution < -0.4 is 5.32 Å². The minimum atomic E-state index is -4.27. The number of aliphatic hydroxyl groups is 1. The second-order valence-electron chi connectivity index (χ2n) is 8.90. The van der Waals surface area contributed by atoms with Gasteiger partial charge in [-0.2, -0.15) is 8.42 Å². The van der Waals surface area contributed by atoms with E-state index in [0.717, 1.165) is 24.0 Å². The Balaban J connectivity index is 1.70. The first kappa shape index (κ1) is 26.3. The van der Waals surface area contributed by atoms with Gasteiger partial charge >= 0.3 is 0 Å². The van der Waals surface area contributed by atoms with Gasteiger partial charge in [0.05, 0.1) is 5.75 Å². The first-order valence-electron chi connectivity index (χ1n) is 11.3. The van der Waals surface area contributed by atoms with Gasteiger partial charge in [0.1, 0.15) is 36.9 Å². The van der Waals surface area contributed by atoms with E-state index >= 15 is 0 Å². The zero-order valence-corrected chi connectivity index (χ0v) is 22.1. The van der Waals surface area contributed by atoms with Crippen molar-refractivity contribution in [3.63, 3.8) is 0 Å². The van der Waals surface area contributed by atoms with E-state index in [1.807, 2.05) is 6.92 Å². The van der Waals surface area contributed by atoms with E-state index in [4.69, 9.17) is 0 Å². The standard InChI is InChI=1S/C23H26FN3O6S3/c1-3-4-15-12-27(11-14-5-7-17(24)8-6-14)23(29)18(19(15)28)21-25-22-20(36(32,33)26-21)16(13-34-22)9-10-35(2,30)31/h5-8,13,15,28H,3-4,9-12H2,1-2H3,(H,25,26). The molecule has 1 aromatic carbocycles. The quantitative estimate of drug-likeness (QED) is 0.511. The van der Waals surface area contributed by atoms with E-state index < -0.39 is 37.5 Å². The average molecular weight is 556 g/mol. The smallest absolute Gasteiger partial charge is 0.287 e. The van der Waals surface area contributed by atoms with E-state index in [1.54, 1.807) is 17.5 Å². The first-order chi connectivity index (χ1) is 16.9. The number of hydrogen-bond donors (Lipinski definition) is 2. The van der Waals surface area contributed by atoms with Crippen LogP contribution in [0.15, 0.2) is 50.3 Å². The highest BCUT2D eigenvalue weighted by Gasteiger charge is 2.40. The third-order valence-electron chi connectivity index (χ3n) is 6.01. The van der Waals surface area contributed by atoms with E-state index in [1.165, 1.54) is 17.0 Å². The Kier molecular flexibility index (Phi) is 7.26. The SMILES string of the molecule is CCCC1CN(Cc2ccc(F)cc2)C(=O)C(C2=NS(=O)(=O)c3c(CCS(C)(=O)=O)csc3N2)=C1O. The molecule has 0 aliphatic carbocycles. The molecule has 4 rings (SSSR count). The topological polar surface area (TPSA) is 133 Å². The van der Waals surface area contributed by atoms with Crippen molar-refractivity contribution < 1.29 is 31.1 Å². The third kappa shape index (κ3) is 5.47. The zero-order valence-electron chi connectivity index (χ0n) is 19.7. The van der Waals surface area contributed by atoms with Crippen LogP contribution in [0.2, 0.25) is 0 Å². The fraction of sp³-hybridized carbons (Fsp3) is 0.391. The van der Waals surface area contributed by atoms with Crippen LogP contribution in [0.1, 0.15) is 30.9 Å². The molecule has 2 aliphatic rings. The summed E-state index contributed by atoms with van der Waals surface area (Å²) in [4.78, 5) is 14.8. The molecule has 1 amide bonds. The van der Waals surface area contributed by atoms with Gasteiger partial charge in [-0.25, -0.2) is 12.8 Å². The van der Waals surface area contributed by atoms with Crippen molar-refractivity contribution >= 4 is 47.9 Å². The third-order valence-corrected chi connectivity index (χ3v) is 9.43. The van der Waals surface area contributed by atoms with Crippen molar-refractivity contribution in [2.45, 2.75) is 37.6 Å². The van der Waals surface area contributed by atoms with Crippen LogP contribution in [0, 0.1) is 11.7 Å². The van der Waals surface area contributed by atoms with Gasteiger partial charge in [-0.1, -0.05) is 25.5 Å². The van der Waals surface area contributed by atoms with Gasteiger partial charge < -0.3 is 15.3 Å². The monoisotopic (exact) mass is 555 g/mol. The van der Waals surface area contributed by atoms with Crippen LogP contribution in [0.4, 0.5) is 9.39 Å². The van der Waals surface area contributed by atoms with Crippen LogP contribution in [-0.2, 0) is 37.6 Å². The molecule has 2 aliphatic heterocycles. The number of nitrogens with one attached hydrogen (secondary N) is 1. The Hall–Kier alpha value is -2.77. The Morgan fingerprint density at radius 2 is 1.97 bits per heavy atom. The fourth-order valence-electron chi connectivity index (χ4n) is 4.28. The Morgan fingerprint density at radius 3 is 2.61 bits per heavy atom. The molecule has 2 aromatic rings. The Labute approximate surface area is 213 Å². The van der Waals surface area contributed by atoms with Crippen LogP contribution in [0.3, 0.4) is 0 Å². The number of aryl methyl sites for hydroxylation is 1. The van der Waals surface area contributed by atoms with Crippen molar-refractivity contribution in [1.82, 2.24) is 4.90 Å². The van der Waals surface area contributed by atoms with E-state index in [0.29, 0.717) is 17.5 Å². The number of rotatable bonds is 8. The minimum absolute atomic E-state index is 0.00727. The lowest BCUT2D eigenvalue weighted by atomic mass is 9.91. The number of amides is 1. The summed E-state index contributed by atoms with van der Waals surface area (Å²) in [6.45, 7) is 2.31. The number of carbonyl (C=O) groups excluding carboxylic acids is 1. The number of hydrogen-bond acceptors (Lipinski definition) is 8. The van der Waals surface area contributed by atoms with Gasteiger partial charge in [0.2, 0.25) is 0 Å². The average Bonchev–Trinajstić information content (AvgIpc) is 3.21. The summed E-state index contributed by atoms with van der Waals surface area (Å²) in [5.41, 5.74) is 0.788. The minimum Gasteiger partial charge on any atom is -0.511 e. The van der Waals surface area contributed by atoms with Gasteiger partial charge in [-0.15, -0.1) is 15.7 Å². The van der Waals surface area contributed by atoms with Crippen molar-refractivity contribution in [1.29, 1.82) is 0 Å². The maximum atomic E-state index is 13.5. The number of fused-ring (bicyclic) bond motifs is 1. The molecule has 194 valence electrons. The number of halogens is 1. The maximum Gasteiger partial charge on any atom is 0.287 e. The summed E-state index contributed by atoms with van der Waals surface area (Å²) in [5, 5.41) is 15.6. The van der Waals surface area contributed by atoms with E-state index in [9.17, 15) is 31.1 Å². The summed E-state index contributed by atoms with van der Waals surface area (Å²) in [6, 6.07) is 5.71. The number of aliphatic hydroxyl groups excluding tert-OH is 1. The molecule has 0 saturated carbocycles. The van der Waals surface area contributed by atoms with Crippen LogP contribution in [0.25, 0.3) is 0 Å². The molecule has 0 radical (unpaired) electrons. The van der Waals surface area contributed by atoms with Crippen molar-refractivity contribution in [2.75, 3.05) is 23.9 Å². The van der Waals surface area contributed by atoms with E-state index in [2.05, 4.69) is 9.71 Å². The molecule has 0 spiro atoms. The summed E-state index contributed by atoms with van der Waals surface area (Å²) in [7, 11) is -7.58. The highest BCUT2D eigenvalue weighted by molar-refractivity contribution is 7.91. The second-order valence-corrected chi connectivity index (χ2v) is 13.6. The molecule has 0 saturated heterocycles. The zero-order chi connectivity index (χ0) is 26.3. The molecule has 1 unspecified atom stereocenters. The molecule has 0 fully saturated rings. The molecule has 0 bridgehead atoms. The highest BCUT2D eigenvalue weighted by atomic mass is 32.2. The molecule has 1 aromatic heterocycles. The predicted octanol–water partition coefficient (Wildman–Crippen LogP) is 3.26. The normalized spacial score (nSPS) is 19.6. The molecule has 36 heavy (non-hydrogen) atoms. The first-order valence-corrected chi connectivity index (χ1v) is 15.6. The number of nitrogens with zero attached hydrogens (tertiary/aromatic N) is 2. The number of anilines is 1. The molecule has 1 atom stereocenters. The predicted molar refractivity (Wildman–Crippen MR) is 136 cm³/mol. The van der Waals surface area contributed by atoms with Gasteiger partial charge in [0.15, 0.2) is 5.84 Å². The molecular formula is C23H26FN3O6S3. The summed E-state index contributed by atoms with van der Waals surface area (Å²) < 4.78 is 66.5. The summed E-state index contributed by atoms with van der Waals surface area (Å²) in [6.07, 6.45) is 2.36. The lowest BCUT2D eigenvalue weighted by Crippen LogP contribution is -2.45. The second kappa shape index (κ2) is 9.94. The number of benzene rings is 1. The molecule has 2 N–H and O–H groups in total. The van der Waals surface area contributed by atoms with Crippen LogP contribution >= 0.6 is 11.3 Å². The number of amidine groups is 1. The maximum absolute atomic E-state index is 13.5. The van der Waals surface area contributed by atoms with Crippen molar-refractivity contribution in [3.05, 3.63) is 57.9 Å². The Bertz CT molecular complexity index is 1460. The molecule has 3 heterocycles. The number of carbonyl (C=O) groups is 1. The van der Waals surface area contributed by atoms with E-state index in [-0.39, 0.29) is 52.3 Å². The molecule has 13 heteroatoms. The van der Waals surface area contributed by atoms with Crippen molar-refractivity contribution in [3.8, 4) is 0 Å². The van der Waals surface area contributed by atoms with Gasteiger partial charge in [0, 0.05) is 25.3 Å². The van der Waals surface area contributed by atoms with Gasteiger partial charge in [0.25, 0.3) is 15.9 Å². The number of sulfone groups is 1. The lowest BCUT2D eigenvalue weighted by molar-refractivity contribution is -0.129. The largest absolute Gasteiger partial charge is 0.511 e.